The van der Waals surface area contributed by atoms with Crippen molar-refractivity contribution in [2.24, 2.45) is 11.5 Å². The lowest BCUT2D eigenvalue weighted by Crippen LogP contribution is -2.34. The normalized spacial score (nSPS) is 11.7. The third kappa shape index (κ3) is 4.64. The van der Waals surface area contributed by atoms with E-state index in [9.17, 15) is 4.79 Å². The highest BCUT2D eigenvalue weighted by atomic mass is 16.5. The van der Waals surface area contributed by atoms with Crippen LogP contribution in [0, 0.1) is 0 Å². The van der Waals surface area contributed by atoms with Crippen LogP contribution in [0.5, 0.6) is 5.75 Å². The third-order valence-corrected chi connectivity index (χ3v) is 2.99. The van der Waals surface area contributed by atoms with E-state index in [4.69, 9.17) is 16.2 Å². The monoisotopic (exact) mass is 274 g/mol. The lowest BCUT2D eigenvalue weighted by atomic mass is 10.1. The molecule has 1 unspecified atom stereocenters. The number of carbonyl (C=O) groups is 1. The summed E-state index contributed by atoms with van der Waals surface area (Å²) in [5, 5.41) is 0. The van der Waals surface area contributed by atoms with Gasteiger partial charge in [-0.15, -0.1) is 0 Å². The summed E-state index contributed by atoms with van der Waals surface area (Å²) < 4.78 is 5.27. The van der Waals surface area contributed by atoms with Gasteiger partial charge in [0.15, 0.2) is 0 Å². The van der Waals surface area contributed by atoms with Crippen LogP contribution >= 0.6 is 0 Å². The maximum atomic E-state index is 11.8. The largest absolute Gasteiger partial charge is 0.425 e. The summed E-state index contributed by atoms with van der Waals surface area (Å²) in [4.78, 5) is 11.8. The van der Waals surface area contributed by atoms with Crippen LogP contribution in [0.1, 0.15) is 30.4 Å². The van der Waals surface area contributed by atoms with E-state index < -0.39 is 12.0 Å². The summed E-state index contributed by atoms with van der Waals surface area (Å²) in [5.41, 5.74) is 13.0. The zero-order valence-electron chi connectivity index (χ0n) is 11.7. The highest BCUT2D eigenvalue weighted by molar-refractivity contribution is 5.78. The van der Waals surface area contributed by atoms with Gasteiger partial charge in [0.05, 0.1) is 0 Å². The predicted molar refractivity (Wildman–Crippen MR) is 83.1 cm³/mol. The number of nitrogens with two attached hydrogens (primary N) is 2. The fourth-order valence-corrected chi connectivity index (χ4v) is 1.80. The van der Waals surface area contributed by atoms with Gasteiger partial charge in [-0.25, -0.2) is 4.79 Å². The van der Waals surface area contributed by atoms with Crippen molar-refractivity contribution in [1.29, 1.82) is 0 Å². The topological polar surface area (TPSA) is 78.3 Å². The van der Waals surface area contributed by atoms with Crippen LogP contribution in [-0.4, -0.2) is 18.6 Å². The molecular formula is C16H22N2O2. The van der Waals surface area contributed by atoms with Crippen molar-refractivity contribution < 1.29 is 9.53 Å². The summed E-state index contributed by atoms with van der Waals surface area (Å²) in [6.07, 6.45) is 5.67. The van der Waals surface area contributed by atoms with E-state index in [2.05, 4.69) is 13.2 Å². The van der Waals surface area contributed by atoms with Gasteiger partial charge in [0.25, 0.3) is 0 Å². The van der Waals surface area contributed by atoms with Gasteiger partial charge < -0.3 is 16.2 Å². The number of hydrogen-bond donors (Lipinski definition) is 2. The molecule has 4 nitrogen and oxygen atoms in total. The van der Waals surface area contributed by atoms with Gasteiger partial charge in [-0.3, -0.25) is 0 Å². The molecule has 108 valence electrons. The molecule has 0 aliphatic carbocycles. The molecule has 0 saturated heterocycles. The van der Waals surface area contributed by atoms with Crippen molar-refractivity contribution in [2.75, 3.05) is 6.54 Å². The minimum Gasteiger partial charge on any atom is -0.425 e. The maximum Gasteiger partial charge on any atom is 0.328 e. The number of rotatable bonds is 8. The van der Waals surface area contributed by atoms with E-state index in [1.54, 1.807) is 24.3 Å². The molecule has 1 aromatic rings. The van der Waals surface area contributed by atoms with E-state index >= 15 is 0 Å². The minimum atomic E-state index is -0.618. The number of ether oxygens (including phenoxy) is 1. The van der Waals surface area contributed by atoms with Crippen LogP contribution in [-0.2, 0) is 4.79 Å². The zero-order valence-corrected chi connectivity index (χ0v) is 11.7. The first-order valence-electron chi connectivity index (χ1n) is 6.68. The van der Waals surface area contributed by atoms with Crippen molar-refractivity contribution in [3.05, 3.63) is 42.5 Å². The van der Waals surface area contributed by atoms with Crippen molar-refractivity contribution in [3.63, 3.8) is 0 Å². The molecule has 0 bridgehead atoms. The second-order valence-corrected chi connectivity index (χ2v) is 4.51. The number of esters is 1. The van der Waals surface area contributed by atoms with Gasteiger partial charge in [0, 0.05) is 0 Å². The van der Waals surface area contributed by atoms with Gasteiger partial charge in [0.2, 0.25) is 0 Å². The summed E-state index contributed by atoms with van der Waals surface area (Å²) in [6, 6.07) is 4.67. The SMILES string of the molecule is C=Cc1ccc(OC(=O)C(N)CCCCN)cc1C=C. The quantitative estimate of drug-likeness (QED) is 0.433. The van der Waals surface area contributed by atoms with E-state index in [0.717, 1.165) is 24.0 Å². The molecule has 0 saturated carbocycles. The third-order valence-electron chi connectivity index (χ3n) is 2.99. The Labute approximate surface area is 120 Å². The smallest absolute Gasteiger partial charge is 0.328 e. The van der Waals surface area contributed by atoms with E-state index in [-0.39, 0.29) is 0 Å². The zero-order chi connectivity index (χ0) is 15.0. The second kappa shape index (κ2) is 8.30. The molecule has 0 aromatic heterocycles. The van der Waals surface area contributed by atoms with E-state index in [1.165, 1.54) is 0 Å². The Hall–Kier alpha value is -1.91. The first-order valence-corrected chi connectivity index (χ1v) is 6.68. The van der Waals surface area contributed by atoms with E-state index in [0.29, 0.717) is 18.7 Å². The molecule has 1 rings (SSSR count). The Balaban J connectivity index is 2.65. The lowest BCUT2D eigenvalue weighted by molar-refractivity contribution is -0.136. The molecule has 1 aromatic carbocycles. The predicted octanol–water partition coefficient (Wildman–Crippen LogP) is 2.33. The molecule has 0 amide bonds. The van der Waals surface area contributed by atoms with Crippen LogP contribution < -0.4 is 16.2 Å². The highest BCUT2D eigenvalue weighted by Gasteiger charge is 2.15. The highest BCUT2D eigenvalue weighted by Crippen LogP contribution is 2.20. The molecule has 0 fully saturated rings. The van der Waals surface area contributed by atoms with Gasteiger partial charge in [-0.2, -0.15) is 0 Å². The molecule has 0 spiro atoms. The molecule has 1 atom stereocenters. The molecule has 0 radical (unpaired) electrons. The van der Waals surface area contributed by atoms with Crippen molar-refractivity contribution in [1.82, 2.24) is 0 Å². The van der Waals surface area contributed by atoms with Gasteiger partial charge in [0.1, 0.15) is 11.8 Å². The van der Waals surface area contributed by atoms with Crippen molar-refractivity contribution in [3.8, 4) is 5.75 Å². The first kappa shape index (κ1) is 16.1. The summed E-state index contributed by atoms with van der Waals surface area (Å²) in [7, 11) is 0. The van der Waals surface area contributed by atoms with E-state index in [1.807, 2.05) is 6.07 Å². The minimum absolute atomic E-state index is 0.427. The summed E-state index contributed by atoms with van der Waals surface area (Å²) >= 11 is 0. The first-order chi connectivity index (χ1) is 9.62. The number of unbranched alkanes of at least 4 members (excludes halogenated alkanes) is 1. The fraction of sp³-hybridized carbons (Fsp3) is 0.312. The Bertz CT molecular complexity index is 483. The molecule has 4 heteroatoms. The van der Waals surface area contributed by atoms with Crippen LogP contribution in [0.15, 0.2) is 31.4 Å². The molecule has 0 aliphatic rings. The Morgan fingerprint density at radius 3 is 2.55 bits per heavy atom. The second-order valence-electron chi connectivity index (χ2n) is 4.51. The molecule has 4 N–H and O–H groups in total. The lowest BCUT2D eigenvalue weighted by Gasteiger charge is -2.12. The molecule has 20 heavy (non-hydrogen) atoms. The Kier molecular flexibility index (Phi) is 6.70. The van der Waals surface area contributed by atoms with Crippen molar-refractivity contribution in [2.45, 2.75) is 25.3 Å². The number of hydrogen-bond acceptors (Lipinski definition) is 4. The van der Waals surface area contributed by atoms with Gasteiger partial charge in [-0.1, -0.05) is 37.8 Å². The van der Waals surface area contributed by atoms with Gasteiger partial charge >= 0.3 is 5.97 Å². The maximum absolute atomic E-state index is 11.8. The van der Waals surface area contributed by atoms with Crippen LogP contribution in [0.3, 0.4) is 0 Å². The Morgan fingerprint density at radius 1 is 1.25 bits per heavy atom. The van der Waals surface area contributed by atoms with Crippen LogP contribution in [0.4, 0.5) is 0 Å². The van der Waals surface area contributed by atoms with Crippen LogP contribution in [0.2, 0.25) is 0 Å². The average Bonchev–Trinajstić information content (AvgIpc) is 2.47. The standard InChI is InChI=1S/C16H22N2O2/c1-3-12-8-9-14(11-13(12)4-2)20-16(19)15(18)7-5-6-10-17/h3-4,8-9,11,15H,1-2,5-7,10,17-18H2. The Morgan fingerprint density at radius 2 is 1.95 bits per heavy atom. The molecular weight excluding hydrogens is 252 g/mol. The molecule has 0 heterocycles. The summed E-state index contributed by atoms with van der Waals surface area (Å²) in [5.74, 6) is 0.0353. The van der Waals surface area contributed by atoms with Crippen LogP contribution in [0.25, 0.3) is 12.2 Å². The number of carbonyl (C=O) groups excluding carboxylic acids is 1. The summed E-state index contributed by atoms with van der Waals surface area (Å²) in [6.45, 7) is 8.04. The number of benzene rings is 1. The average molecular weight is 274 g/mol. The van der Waals surface area contributed by atoms with Crippen molar-refractivity contribution >= 4 is 18.1 Å². The van der Waals surface area contributed by atoms with Gasteiger partial charge in [-0.05, 0) is 42.6 Å². The molecule has 0 aliphatic heterocycles. The fourth-order valence-electron chi connectivity index (χ4n) is 1.80.